The lowest BCUT2D eigenvalue weighted by Gasteiger charge is -2.37. The Morgan fingerprint density at radius 2 is 1.67 bits per heavy atom. The summed E-state index contributed by atoms with van der Waals surface area (Å²) in [5.41, 5.74) is 0. The molecule has 2 fully saturated rings. The van der Waals surface area contributed by atoms with Crippen LogP contribution in [0, 0.1) is 11.8 Å². The van der Waals surface area contributed by atoms with E-state index in [9.17, 15) is 0 Å². The van der Waals surface area contributed by atoms with E-state index in [2.05, 4.69) is 31.0 Å². The Labute approximate surface area is 114 Å². The van der Waals surface area contributed by atoms with Crippen molar-refractivity contribution in [3.8, 4) is 0 Å². The Balaban J connectivity index is 1.78. The topological polar surface area (TPSA) is 15.3 Å². The third-order valence-corrected chi connectivity index (χ3v) is 4.91. The molecule has 1 aliphatic carbocycles. The van der Waals surface area contributed by atoms with Crippen LogP contribution in [-0.2, 0) is 0 Å². The molecule has 1 N–H and O–H groups in total. The summed E-state index contributed by atoms with van der Waals surface area (Å²) >= 11 is 0. The quantitative estimate of drug-likeness (QED) is 0.808. The van der Waals surface area contributed by atoms with Crippen molar-refractivity contribution in [1.82, 2.24) is 10.2 Å². The predicted octanol–water partition coefficient (Wildman–Crippen LogP) is 3.28. The van der Waals surface area contributed by atoms with Crippen molar-refractivity contribution in [1.29, 1.82) is 0 Å². The summed E-state index contributed by atoms with van der Waals surface area (Å²) in [5, 5.41) is 3.94. The van der Waals surface area contributed by atoms with Crippen LogP contribution < -0.4 is 5.32 Å². The van der Waals surface area contributed by atoms with Crippen molar-refractivity contribution in [3.63, 3.8) is 0 Å². The first kappa shape index (κ1) is 14.3. The zero-order chi connectivity index (χ0) is 13.0. The maximum Gasteiger partial charge on any atom is 0.0169 e. The highest BCUT2D eigenvalue weighted by molar-refractivity contribution is 4.85. The Hall–Kier alpha value is -0.0800. The van der Waals surface area contributed by atoms with Crippen LogP contribution in [0.1, 0.15) is 59.3 Å². The molecular formula is C16H32N2. The second-order valence-electron chi connectivity index (χ2n) is 6.87. The number of hydrogen-bond donors (Lipinski definition) is 1. The fourth-order valence-corrected chi connectivity index (χ4v) is 3.94. The zero-order valence-electron chi connectivity index (χ0n) is 12.6. The molecule has 1 heterocycles. The van der Waals surface area contributed by atoms with Crippen LogP contribution in [0.4, 0.5) is 0 Å². The lowest BCUT2D eigenvalue weighted by molar-refractivity contribution is 0.181. The first-order chi connectivity index (χ1) is 8.66. The van der Waals surface area contributed by atoms with Crippen molar-refractivity contribution in [3.05, 3.63) is 0 Å². The molecular weight excluding hydrogens is 220 g/mol. The lowest BCUT2D eigenvalue weighted by atomic mass is 9.77. The van der Waals surface area contributed by atoms with E-state index in [0.717, 1.165) is 17.9 Å². The lowest BCUT2D eigenvalue weighted by Crippen LogP contribution is -2.48. The van der Waals surface area contributed by atoms with Gasteiger partial charge in [0.15, 0.2) is 0 Å². The first-order valence-electron chi connectivity index (χ1n) is 8.15. The molecule has 0 aromatic carbocycles. The van der Waals surface area contributed by atoms with Gasteiger partial charge in [-0.15, -0.1) is 0 Å². The SMILES string of the molecule is CC(CN1CCCC1)NC1CCCCC1C(C)C. The van der Waals surface area contributed by atoms with Gasteiger partial charge in [0.25, 0.3) is 0 Å². The second-order valence-corrected chi connectivity index (χ2v) is 6.87. The summed E-state index contributed by atoms with van der Waals surface area (Å²) in [6.07, 6.45) is 8.52. The van der Waals surface area contributed by atoms with Crippen LogP contribution in [0.3, 0.4) is 0 Å². The van der Waals surface area contributed by atoms with E-state index in [0.29, 0.717) is 6.04 Å². The monoisotopic (exact) mass is 252 g/mol. The molecule has 0 amide bonds. The van der Waals surface area contributed by atoms with Gasteiger partial charge in [-0.3, -0.25) is 0 Å². The van der Waals surface area contributed by atoms with E-state index in [-0.39, 0.29) is 0 Å². The van der Waals surface area contributed by atoms with Crippen molar-refractivity contribution < 1.29 is 0 Å². The molecule has 1 saturated carbocycles. The van der Waals surface area contributed by atoms with E-state index < -0.39 is 0 Å². The first-order valence-corrected chi connectivity index (χ1v) is 8.15. The van der Waals surface area contributed by atoms with Gasteiger partial charge in [-0.05, 0) is 57.5 Å². The van der Waals surface area contributed by atoms with Crippen molar-refractivity contribution in [2.45, 2.75) is 71.4 Å². The molecule has 2 nitrogen and oxygen atoms in total. The van der Waals surface area contributed by atoms with Gasteiger partial charge in [0.1, 0.15) is 0 Å². The van der Waals surface area contributed by atoms with Gasteiger partial charge in [0.2, 0.25) is 0 Å². The number of rotatable bonds is 5. The molecule has 106 valence electrons. The summed E-state index contributed by atoms with van der Waals surface area (Å²) in [5.74, 6) is 1.74. The molecule has 2 heteroatoms. The third kappa shape index (κ3) is 3.96. The van der Waals surface area contributed by atoms with Crippen LogP contribution in [0.15, 0.2) is 0 Å². The minimum Gasteiger partial charge on any atom is -0.310 e. The molecule has 1 saturated heterocycles. The molecule has 2 rings (SSSR count). The minimum atomic E-state index is 0.660. The Bertz CT molecular complexity index is 233. The van der Waals surface area contributed by atoms with Gasteiger partial charge in [0.05, 0.1) is 0 Å². The third-order valence-electron chi connectivity index (χ3n) is 4.91. The van der Waals surface area contributed by atoms with Crippen LogP contribution in [0.25, 0.3) is 0 Å². The maximum absolute atomic E-state index is 3.94. The highest BCUT2D eigenvalue weighted by Crippen LogP contribution is 2.30. The standard InChI is InChI=1S/C16H32N2/c1-13(2)15-8-4-5-9-16(15)17-14(3)12-18-10-6-7-11-18/h13-17H,4-12H2,1-3H3. The van der Waals surface area contributed by atoms with Crippen LogP contribution in [0.2, 0.25) is 0 Å². The van der Waals surface area contributed by atoms with E-state index in [1.807, 2.05) is 0 Å². The van der Waals surface area contributed by atoms with Gasteiger partial charge in [-0.2, -0.15) is 0 Å². The van der Waals surface area contributed by atoms with E-state index in [1.165, 1.54) is 58.2 Å². The second kappa shape index (κ2) is 6.91. The number of nitrogens with one attached hydrogen (secondary N) is 1. The van der Waals surface area contributed by atoms with Gasteiger partial charge < -0.3 is 10.2 Å². The summed E-state index contributed by atoms with van der Waals surface area (Å²) in [7, 11) is 0. The fourth-order valence-electron chi connectivity index (χ4n) is 3.94. The smallest absolute Gasteiger partial charge is 0.0169 e. The van der Waals surface area contributed by atoms with Crippen LogP contribution >= 0.6 is 0 Å². The number of nitrogens with zero attached hydrogens (tertiary/aromatic N) is 1. The molecule has 1 aliphatic heterocycles. The van der Waals surface area contributed by atoms with Crippen molar-refractivity contribution >= 4 is 0 Å². The van der Waals surface area contributed by atoms with Gasteiger partial charge >= 0.3 is 0 Å². The number of likely N-dealkylation sites (tertiary alicyclic amines) is 1. The van der Waals surface area contributed by atoms with E-state index in [1.54, 1.807) is 0 Å². The van der Waals surface area contributed by atoms with Crippen molar-refractivity contribution in [2.75, 3.05) is 19.6 Å². The predicted molar refractivity (Wildman–Crippen MR) is 78.9 cm³/mol. The fraction of sp³-hybridized carbons (Fsp3) is 1.00. The molecule has 3 unspecified atom stereocenters. The molecule has 3 atom stereocenters. The van der Waals surface area contributed by atoms with Crippen LogP contribution in [-0.4, -0.2) is 36.6 Å². The zero-order valence-corrected chi connectivity index (χ0v) is 12.6. The maximum atomic E-state index is 3.94. The molecule has 0 bridgehead atoms. The van der Waals surface area contributed by atoms with Crippen LogP contribution in [0.5, 0.6) is 0 Å². The molecule has 18 heavy (non-hydrogen) atoms. The number of hydrogen-bond acceptors (Lipinski definition) is 2. The summed E-state index contributed by atoms with van der Waals surface area (Å²) in [6.45, 7) is 11.1. The van der Waals surface area contributed by atoms with Gasteiger partial charge in [-0.25, -0.2) is 0 Å². The van der Waals surface area contributed by atoms with Gasteiger partial charge in [0, 0.05) is 18.6 Å². The summed E-state index contributed by atoms with van der Waals surface area (Å²) in [4.78, 5) is 2.63. The Morgan fingerprint density at radius 1 is 1.00 bits per heavy atom. The Morgan fingerprint density at radius 3 is 2.33 bits per heavy atom. The highest BCUT2D eigenvalue weighted by atomic mass is 15.2. The highest BCUT2D eigenvalue weighted by Gasteiger charge is 2.28. The summed E-state index contributed by atoms with van der Waals surface area (Å²) in [6, 6.07) is 1.43. The minimum absolute atomic E-state index is 0.660. The molecule has 0 radical (unpaired) electrons. The molecule has 2 aliphatic rings. The average Bonchev–Trinajstić information content (AvgIpc) is 2.82. The Kier molecular flexibility index (Phi) is 5.50. The van der Waals surface area contributed by atoms with Gasteiger partial charge in [-0.1, -0.05) is 26.7 Å². The van der Waals surface area contributed by atoms with E-state index >= 15 is 0 Å². The molecule has 0 aromatic rings. The van der Waals surface area contributed by atoms with Crippen molar-refractivity contribution in [2.24, 2.45) is 11.8 Å². The summed E-state index contributed by atoms with van der Waals surface area (Å²) < 4.78 is 0. The average molecular weight is 252 g/mol. The molecule has 0 aromatic heterocycles. The largest absolute Gasteiger partial charge is 0.310 e. The normalized spacial score (nSPS) is 32.0. The molecule has 0 spiro atoms. The van der Waals surface area contributed by atoms with E-state index in [4.69, 9.17) is 0 Å².